The summed E-state index contributed by atoms with van der Waals surface area (Å²) in [4.78, 5) is 0. The Kier molecular flexibility index (Phi) is 4.19. The van der Waals surface area contributed by atoms with Crippen LogP contribution in [0.2, 0.25) is 0 Å². The highest BCUT2D eigenvalue weighted by Crippen LogP contribution is 2.45. The summed E-state index contributed by atoms with van der Waals surface area (Å²) in [5, 5.41) is 11.0. The average Bonchev–Trinajstić information content (AvgIpc) is 2.34. The molecule has 3 unspecified atom stereocenters. The van der Waals surface area contributed by atoms with Crippen molar-refractivity contribution in [3.8, 4) is 5.75 Å². The van der Waals surface area contributed by atoms with Gasteiger partial charge in [0.05, 0.1) is 11.7 Å². The number of benzene rings is 1. The first-order valence-electron chi connectivity index (χ1n) is 7.41. The maximum Gasteiger partial charge on any atom is 0.125 e. The van der Waals surface area contributed by atoms with E-state index in [9.17, 15) is 5.11 Å². The fraction of sp³-hybridized carbons (Fsp3) is 0.647. The summed E-state index contributed by atoms with van der Waals surface area (Å²) in [6.45, 7) is 8.56. The summed E-state index contributed by atoms with van der Waals surface area (Å²) in [5.74, 6) is 2.08. The molecule has 0 aliphatic heterocycles. The number of rotatable bonds is 3. The molecule has 1 aliphatic carbocycles. The lowest BCUT2D eigenvalue weighted by Crippen LogP contribution is -2.35. The van der Waals surface area contributed by atoms with Crippen molar-refractivity contribution in [1.29, 1.82) is 0 Å². The first-order chi connectivity index (χ1) is 8.92. The quantitative estimate of drug-likeness (QED) is 0.888. The molecule has 1 aliphatic rings. The molecule has 1 aromatic rings. The van der Waals surface area contributed by atoms with Crippen molar-refractivity contribution in [2.45, 2.75) is 58.7 Å². The molecule has 1 saturated carbocycles. The predicted molar refractivity (Wildman–Crippen MR) is 78.3 cm³/mol. The van der Waals surface area contributed by atoms with Gasteiger partial charge in [-0.25, -0.2) is 0 Å². The molecule has 0 bridgehead atoms. The van der Waals surface area contributed by atoms with Gasteiger partial charge in [-0.3, -0.25) is 0 Å². The number of ether oxygens (including phenoxy) is 1. The van der Waals surface area contributed by atoms with Gasteiger partial charge in [-0.2, -0.15) is 0 Å². The van der Waals surface area contributed by atoms with E-state index in [0.29, 0.717) is 11.8 Å². The van der Waals surface area contributed by atoms with E-state index in [-0.39, 0.29) is 6.10 Å². The highest BCUT2D eigenvalue weighted by atomic mass is 16.5. The Labute approximate surface area is 116 Å². The van der Waals surface area contributed by atoms with Crippen LogP contribution in [0.4, 0.5) is 0 Å². The van der Waals surface area contributed by atoms with Crippen molar-refractivity contribution in [2.24, 2.45) is 11.8 Å². The van der Waals surface area contributed by atoms with Gasteiger partial charge in [0.15, 0.2) is 0 Å². The normalized spacial score (nSPS) is 31.5. The molecular formula is C17H26O2. The molecule has 0 radical (unpaired) electrons. The molecule has 1 N–H and O–H groups in total. The Bertz CT molecular complexity index is 427. The zero-order chi connectivity index (χ0) is 14.0. The van der Waals surface area contributed by atoms with E-state index in [1.807, 2.05) is 38.1 Å². The molecule has 0 heterocycles. The van der Waals surface area contributed by atoms with Gasteiger partial charge in [-0.15, -0.1) is 0 Å². The van der Waals surface area contributed by atoms with Crippen molar-refractivity contribution in [2.75, 3.05) is 0 Å². The molecule has 0 amide bonds. The largest absolute Gasteiger partial charge is 0.491 e. The van der Waals surface area contributed by atoms with Gasteiger partial charge in [0.2, 0.25) is 0 Å². The summed E-state index contributed by atoms with van der Waals surface area (Å²) >= 11 is 0. The highest BCUT2D eigenvalue weighted by molar-refractivity contribution is 5.38. The lowest BCUT2D eigenvalue weighted by molar-refractivity contribution is -0.0358. The molecule has 0 saturated heterocycles. The maximum absolute atomic E-state index is 11.0. The minimum atomic E-state index is -0.725. The molecule has 19 heavy (non-hydrogen) atoms. The highest BCUT2D eigenvalue weighted by Gasteiger charge is 2.39. The summed E-state index contributed by atoms with van der Waals surface area (Å²) in [7, 11) is 0. The van der Waals surface area contributed by atoms with Crippen LogP contribution in [0.5, 0.6) is 5.75 Å². The third kappa shape index (κ3) is 3.11. The average molecular weight is 262 g/mol. The number of hydrogen-bond acceptors (Lipinski definition) is 2. The smallest absolute Gasteiger partial charge is 0.125 e. The Morgan fingerprint density at radius 1 is 1.21 bits per heavy atom. The predicted octanol–water partition coefficient (Wildman–Crippen LogP) is 4.12. The summed E-state index contributed by atoms with van der Waals surface area (Å²) in [5.41, 5.74) is 0.236. The zero-order valence-corrected chi connectivity index (χ0v) is 12.5. The van der Waals surface area contributed by atoms with Crippen LogP contribution < -0.4 is 4.74 Å². The molecule has 106 valence electrons. The molecule has 1 aromatic carbocycles. The van der Waals surface area contributed by atoms with Crippen LogP contribution >= 0.6 is 0 Å². The van der Waals surface area contributed by atoms with E-state index >= 15 is 0 Å². The molecule has 0 aromatic heterocycles. The van der Waals surface area contributed by atoms with Crippen LogP contribution in [0.25, 0.3) is 0 Å². The molecule has 0 spiro atoms. The van der Waals surface area contributed by atoms with Crippen LogP contribution in [0.3, 0.4) is 0 Å². The monoisotopic (exact) mass is 262 g/mol. The summed E-state index contributed by atoms with van der Waals surface area (Å²) < 4.78 is 5.87. The number of para-hydroxylation sites is 1. The van der Waals surface area contributed by atoms with Crippen molar-refractivity contribution in [1.82, 2.24) is 0 Å². The van der Waals surface area contributed by atoms with Crippen molar-refractivity contribution < 1.29 is 9.84 Å². The van der Waals surface area contributed by atoms with Crippen molar-refractivity contribution >= 4 is 0 Å². The van der Waals surface area contributed by atoms with Gasteiger partial charge < -0.3 is 9.84 Å². The second-order valence-electron chi connectivity index (χ2n) is 6.39. The van der Waals surface area contributed by atoms with Gasteiger partial charge in [-0.1, -0.05) is 32.0 Å². The Balaban J connectivity index is 2.30. The van der Waals surface area contributed by atoms with Crippen LogP contribution in [0.1, 0.15) is 52.5 Å². The molecule has 3 atom stereocenters. The van der Waals surface area contributed by atoms with E-state index in [1.54, 1.807) is 0 Å². The Hall–Kier alpha value is -1.02. The second kappa shape index (κ2) is 5.54. The Morgan fingerprint density at radius 3 is 2.53 bits per heavy atom. The summed E-state index contributed by atoms with van der Waals surface area (Å²) in [6.07, 6.45) is 2.86. The Morgan fingerprint density at radius 2 is 1.89 bits per heavy atom. The number of aliphatic hydroxyl groups is 1. The van der Waals surface area contributed by atoms with Gasteiger partial charge in [0.1, 0.15) is 5.75 Å². The van der Waals surface area contributed by atoms with Gasteiger partial charge >= 0.3 is 0 Å². The van der Waals surface area contributed by atoms with Gasteiger partial charge in [0.25, 0.3) is 0 Å². The molecule has 2 nitrogen and oxygen atoms in total. The van der Waals surface area contributed by atoms with E-state index < -0.39 is 5.60 Å². The lowest BCUT2D eigenvalue weighted by Gasteiger charge is -2.40. The van der Waals surface area contributed by atoms with Crippen LogP contribution in [-0.4, -0.2) is 11.2 Å². The van der Waals surface area contributed by atoms with E-state index in [0.717, 1.165) is 30.6 Å². The summed E-state index contributed by atoms with van der Waals surface area (Å²) in [6, 6.07) is 7.94. The second-order valence-corrected chi connectivity index (χ2v) is 6.39. The molecule has 2 rings (SSSR count). The van der Waals surface area contributed by atoms with Crippen molar-refractivity contribution in [3.63, 3.8) is 0 Å². The zero-order valence-electron chi connectivity index (χ0n) is 12.5. The fourth-order valence-corrected chi connectivity index (χ4v) is 3.04. The fourth-order valence-electron chi connectivity index (χ4n) is 3.04. The van der Waals surface area contributed by atoms with Crippen molar-refractivity contribution in [3.05, 3.63) is 29.8 Å². The molecule has 1 fully saturated rings. The topological polar surface area (TPSA) is 29.5 Å². The van der Waals surface area contributed by atoms with E-state index in [1.165, 1.54) is 0 Å². The first-order valence-corrected chi connectivity index (χ1v) is 7.41. The number of hydrogen-bond donors (Lipinski definition) is 1. The van der Waals surface area contributed by atoms with Gasteiger partial charge in [0, 0.05) is 5.56 Å². The SMILES string of the molecule is CC(C)Oc1ccccc1C1(O)CCC(C)C(C)C1. The lowest BCUT2D eigenvalue weighted by atomic mass is 9.70. The van der Waals surface area contributed by atoms with Gasteiger partial charge in [-0.05, 0) is 51.0 Å². The molecular weight excluding hydrogens is 236 g/mol. The molecule has 2 heteroatoms. The third-order valence-electron chi connectivity index (χ3n) is 4.40. The first kappa shape index (κ1) is 14.4. The minimum Gasteiger partial charge on any atom is -0.491 e. The minimum absolute atomic E-state index is 0.129. The van der Waals surface area contributed by atoms with E-state index in [4.69, 9.17) is 4.74 Å². The standard InChI is InChI=1S/C17H26O2/c1-12(2)19-16-8-6-5-7-15(16)17(18)10-9-13(3)14(4)11-17/h5-8,12-14,18H,9-11H2,1-4H3. The van der Waals surface area contributed by atoms with Crippen LogP contribution in [-0.2, 0) is 5.60 Å². The maximum atomic E-state index is 11.0. The van der Waals surface area contributed by atoms with Crippen LogP contribution in [0.15, 0.2) is 24.3 Å². The van der Waals surface area contributed by atoms with Crippen LogP contribution in [0, 0.1) is 11.8 Å². The third-order valence-corrected chi connectivity index (χ3v) is 4.40. The van der Waals surface area contributed by atoms with E-state index in [2.05, 4.69) is 13.8 Å².